The lowest BCUT2D eigenvalue weighted by Gasteiger charge is -2.11. The van der Waals surface area contributed by atoms with Crippen LogP contribution < -0.4 is 0 Å². The zero-order chi connectivity index (χ0) is 8.81. The van der Waals surface area contributed by atoms with Crippen molar-refractivity contribution in [2.45, 2.75) is 26.2 Å². The molecule has 0 radical (unpaired) electrons. The number of cyclic esters (lactones) is 1. The Morgan fingerprint density at radius 2 is 2.42 bits per heavy atom. The van der Waals surface area contributed by atoms with Crippen molar-refractivity contribution in [3.8, 4) is 0 Å². The highest BCUT2D eigenvalue weighted by molar-refractivity contribution is 5.69. The van der Waals surface area contributed by atoms with Gasteiger partial charge in [-0.3, -0.25) is 4.79 Å². The maximum Gasteiger partial charge on any atom is 0.305 e. The fourth-order valence-corrected chi connectivity index (χ4v) is 1.33. The van der Waals surface area contributed by atoms with Crippen LogP contribution in [0.25, 0.3) is 0 Å². The summed E-state index contributed by atoms with van der Waals surface area (Å²) in [6.45, 7) is 4.08. The highest BCUT2D eigenvalue weighted by Gasteiger charge is 2.16. The second-order valence-corrected chi connectivity index (χ2v) is 3.07. The van der Waals surface area contributed by atoms with Crippen LogP contribution in [-0.4, -0.2) is 25.8 Å². The van der Waals surface area contributed by atoms with Crippen molar-refractivity contribution >= 4 is 5.97 Å². The minimum Gasteiger partial charge on any atom is -0.466 e. The first-order valence-electron chi connectivity index (χ1n) is 4.56. The third-order valence-corrected chi connectivity index (χ3v) is 2.10. The van der Waals surface area contributed by atoms with E-state index in [4.69, 9.17) is 9.47 Å². The molecule has 1 aliphatic rings. The van der Waals surface area contributed by atoms with E-state index in [-0.39, 0.29) is 5.97 Å². The Bertz CT molecular complexity index is 145. The molecule has 3 nitrogen and oxygen atoms in total. The molecule has 1 heterocycles. The van der Waals surface area contributed by atoms with E-state index in [9.17, 15) is 4.79 Å². The second-order valence-electron chi connectivity index (χ2n) is 3.07. The molecule has 1 unspecified atom stereocenters. The molecule has 0 aliphatic carbocycles. The van der Waals surface area contributed by atoms with Crippen LogP contribution >= 0.6 is 0 Å². The maximum absolute atomic E-state index is 10.8. The molecular formula is C9H16O3. The van der Waals surface area contributed by atoms with Gasteiger partial charge in [0.25, 0.3) is 0 Å². The summed E-state index contributed by atoms with van der Waals surface area (Å²) in [5, 5.41) is 0. The number of hydrogen-bond acceptors (Lipinski definition) is 3. The van der Waals surface area contributed by atoms with Gasteiger partial charge >= 0.3 is 5.97 Å². The lowest BCUT2D eigenvalue weighted by molar-refractivity contribution is -0.142. The number of carbonyl (C=O) groups excluding carboxylic acids is 1. The van der Waals surface area contributed by atoms with Gasteiger partial charge in [0.2, 0.25) is 0 Å². The average Bonchev–Trinajstić information content (AvgIpc) is 2.27. The normalized spacial score (nSPS) is 24.8. The zero-order valence-corrected chi connectivity index (χ0v) is 7.54. The number of carbonyl (C=O) groups is 1. The van der Waals surface area contributed by atoms with Crippen molar-refractivity contribution in [2.24, 2.45) is 5.92 Å². The van der Waals surface area contributed by atoms with Gasteiger partial charge in [0.05, 0.1) is 6.61 Å². The first-order valence-corrected chi connectivity index (χ1v) is 4.56. The summed E-state index contributed by atoms with van der Waals surface area (Å²) in [4.78, 5) is 10.8. The van der Waals surface area contributed by atoms with Crippen LogP contribution in [0.5, 0.6) is 0 Å². The highest BCUT2D eigenvalue weighted by Crippen LogP contribution is 2.16. The van der Waals surface area contributed by atoms with Gasteiger partial charge in [-0.1, -0.05) is 0 Å². The van der Waals surface area contributed by atoms with E-state index in [0.29, 0.717) is 18.9 Å². The van der Waals surface area contributed by atoms with Gasteiger partial charge in [-0.2, -0.15) is 0 Å². The minimum absolute atomic E-state index is 0.0611. The predicted molar refractivity (Wildman–Crippen MR) is 44.8 cm³/mol. The summed E-state index contributed by atoms with van der Waals surface area (Å²) in [6, 6.07) is 0. The number of ether oxygens (including phenoxy) is 2. The summed E-state index contributed by atoms with van der Waals surface area (Å²) in [5.41, 5.74) is 0. The number of esters is 1. The van der Waals surface area contributed by atoms with Crippen LogP contribution in [0.1, 0.15) is 26.2 Å². The quantitative estimate of drug-likeness (QED) is 0.603. The third kappa shape index (κ3) is 3.22. The van der Waals surface area contributed by atoms with Crippen LogP contribution in [0, 0.1) is 5.92 Å². The van der Waals surface area contributed by atoms with Crippen molar-refractivity contribution < 1.29 is 14.3 Å². The van der Waals surface area contributed by atoms with Crippen molar-refractivity contribution in [1.29, 1.82) is 0 Å². The van der Waals surface area contributed by atoms with E-state index in [1.807, 2.05) is 6.92 Å². The van der Waals surface area contributed by atoms with E-state index >= 15 is 0 Å². The molecular weight excluding hydrogens is 156 g/mol. The lowest BCUT2D eigenvalue weighted by Crippen LogP contribution is -2.09. The van der Waals surface area contributed by atoms with Crippen LogP contribution in [0.3, 0.4) is 0 Å². The molecule has 0 aromatic carbocycles. The molecule has 12 heavy (non-hydrogen) atoms. The Hall–Kier alpha value is -0.570. The SMILES string of the molecule is CCOCC1CCOC(=O)CC1. The van der Waals surface area contributed by atoms with Crippen LogP contribution in [0.4, 0.5) is 0 Å². The van der Waals surface area contributed by atoms with E-state index in [2.05, 4.69) is 0 Å². The molecule has 0 bridgehead atoms. The monoisotopic (exact) mass is 172 g/mol. The van der Waals surface area contributed by atoms with E-state index < -0.39 is 0 Å². The van der Waals surface area contributed by atoms with Gasteiger partial charge in [-0.25, -0.2) is 0 Å². The fourth-order valence-electron chi connectivity index (χ4n) is 1.33. The number of hydrogen-bond donors (Lipinski definition) is 0. The van der Waals surface area contributed by atoms with Gasteiger partial charge < -0.3 is 9.47 Å². The fraction of sp³-hybridized carbons (Fsp3) is 0.889. The highest BCUT2D eigenvalue weighted by atomic mass is 16.5. The largest absolute Gasteiger partial charge is 0.466 e. The minimum atomic E-state index is -0.0611. The molecule has 1 atom stereocenters. The Balaban J connectivity index is 2.21. The molecule has 0 N–H and O–H groups in total. The Morgan fingerprint density at radius 3 is 3.17 bits per heavy atom. The van der Waals surface area contributed by atoms with Gasteiger partial charge in [-0.15, -0.1) is 0 Å². The molecule has 0 aromatic rings. The lowest BCUT2D eigenvalue weighted by atomic mass is 10.0. The molecule has 1 aliphatic heterocycles. The summed E-state index contributed by atoms with van der Waals surface area (Å²) in [5.74, 6) is 0.449. The Labute approximate surface area is 73.0 Å². The molecule has 1 saturated heterocycles. The summed E-state index contributed by atoms with van der Waals surface area (Å²) in [7, 11) is 0. The number of rotatable bonds is 3. The molecule has 0 amide bonds. The smallest absolute Gasteiger partial charge is 0.305 e. The molecule has 70 valence electrons. The van der Waals surface area contributed by atoms with E-state index in [1.54, 1.807) is 0 Å². The van der Waals surface area contributed by atoms with Gasteiger partial charge in [-0.05, 0) is 25.7 Å². The van der Waals surface area contributed by atoms with E-state index in [0.717, 1.165) is 26.1 Å². The molecule has 0 spiro atoms. The van der Waals surface area contributed by atoms with Gasteiger partial charge in [0, 0.05) is 19.6 Å². The van der Waals surface area contributed by atoms with Crippen LogP contribution in [0.2, 0.25) is 0 Å². The topological polar surface area (TPSA) is 35.5 Å². The first kappa shape index (κ1) is 9.52. The second kappa shape index (κ2) is 5.14. The molecule has 1 rings (SSSR count). The predicted octanol–water partition coefficient (Wildman–Crippen LogP) is 1.37. The molecule has 3 heteroatoms. The molecule has 0 aromatic heterocycles. The summed E-state index contributed by atoms with van der Waals surface area (Å²) in [6.07, 6.45) is 2.42. The summed E-state index contributed by atoms with van der Waals surface area (Å²) >= 11 is 0. The van der Waals surface area contributed by atoms with E-state index in [1.165, 1.54) is 0 Å². The Kier molecular flexibility index (Phi) is 4.08. The van der Waals surface area contributed by atoms with Crippen LogP contribution in [-0.2, 0) is 14.3 Å². The van der Waals surface area contributed by atoms with Gasteiger partial charge in [0.15, 0.2) is 0 Å². The third-order valence-electron chi connectivity index (χ3n) is 2.10. The van der Waals surface area contributed by atoms with Crippen LogP contribution in [0.15, 0.2) is 0 Å². The first-order chi connectivity index (χ1) is 5.83. The van der Waals surface area contributed by atoms with Crippen molar-refractivity contribution in [3.05, 3.63) is 0 Å². The van der Waals surface area contributed by atoms with Crippen molar-refractivity contribution in [3.63, 3.8) is 0 Å². The zero-order valence-electron chi connectivity index (χ0n) is 7.54. The van der Waals surface area contributed by atoms with Gasteiger partial charge in [0.1, 0.15) is 0 Å². The maximum atomic E-state index is 10.8. The average molecular weight is 172 g/mol. The van der Waals surface area contributed by atoms with Crippen molar-refractivity contribution in [1.82, 2.24) is 0 Å². The molecule has 0 saturated carbocycles. The Morgan fingerprint density at radius 1 is 1.58 bits per heavy atom. The summed E-state index contributed by atoms with van der Waals surface area (Å²) < 4.78 is 10.2. The van der Waals surface area contributed by atoms with Crippen molar-refractivity contribution in [2.75, 3.05) is 19.8 Å². The molecule has 1 fully saturated rings. The standard InChI is InChI=1S/C9H16O3/c1-2-11-7-8-3-4-9(10)12-6-5-8/h8H,2-7H2,1H3.